The molecule has 3 heterocycles. The maximum Gasteiger partial charge on any atom is 0.301 e. The molecule has 0 aliphatic carbocycles. The highest BCUT2D eigenvalue weighted by Gasteiger charge is 2.48. The van der Waals surface area contributed by atoms with Gasteiger partial charge in [0.2, 0.25) is 0 Å². The lowest BCUT2D eigenvalue weighted by molar-refractivity contribution is -0.132. The first-order valence-electron chi connectivity index (χ1n) is 12.7. The number of thiazole rings is 1. The lowest BCUT2D eigenvalue weighted by Gasteiger charge is -2.28. The summed E-state index contributed by atoms with van der Waals surface area (Å²) in [6.07, 6.45) is 0. The van der Waals surface area contributed by atoms with Crippen LogP contribution in [0.1, 0.15) is 22.7 Å². The minimum Gasteiger partial charge on any atom is -0.507 e. The Labute approximate surface area is 230 Å². The number of nitrogens with zero attached hydrogens (tertiary/aromatic N) is 4. The molecular weight excluding hydrogens is 512 g/mol. The van der Waals surface area contributed by atoms with Gasteiger partial charge in [-0.1, -0.05) is 29.5 Å². The molecule has 9 heteroatoms. The van der Waals surface area contributed by atoms with E-state index in [-0.39, 0.29) is 11.3 Å². The minimum absolute atomic E-state index is 0.0346. The summed E-state index contributed by atoms with van der Waals surface area (Å²) >= 11 is 1.36. The Balaban J connectivity index is 1.53. The standard InChI is InChI=1S/C30H28N4O4S/c1-17-5-11-21-24(15-17)39-30(31-21)34-26(18-6-9-20(10-7-18)32(2)3)25(28(36)29(34)37)27(35)19-8-12-23-22(16-19)33(4)13-14-38-23/h5-12,15-16,26,35H,13-14H2,1-4H3/b27-25+. The number of amides is 1. The summed E-state index contributed by atoms with van der Waals surface area (Å²) in [6.45, 7) is 3.28. The molecule has 198 valence electrons. The average Bonchev–Trinajstić information content (AvgIpc) is 3.46. The Bertz CT molecular complexity index is 1660. The van der Waals surface area contributed by atoms with Crippen LogP contribution in [0.4, 0.5) is 16.5 Å². The number of rotatable bonds is 4. The van der Waals surface area contributed by atoms with Gasteiger partial charge in [0.25, 0.3) is 5.78 Å². The van der Waals surface area contributed by atoms with Crippen molar-refractivity contribution in [3.8, 4) is 5.75 Å². The molecule has 1 atom stereocenters. The number of anilines is 3. The van der Waals surface area contributed by atoms with E-state index in [4.69, 9.17) is 9.72 Å². The van der Waals surface area contributed by atoms with Gasteiger partial charge in [0, 0.05) is 32.4 Å². The van der Waals surface area contributed by atoms with Gasteiger partial charge < -0.3 is 19.6 Å². The van der Waals surface area contributed by atoms with Crippen molar-refractivity contribution < 1.29 is 19.4 Å². The molecule has 0 radical (unpaired) electrons. The maximum atomic E-state index is 13.6. The first kappa shape index (κ1) is 24.9. The zero-order valence-electron chi connectivity index (χ0n) is 22.1. The lowest BCUT2D eigenvalue weighted by Crippen LogP contribution is -2.29. The number of Topliss-reactive ketones (excluding diaryl/α,β-unsaturated/α-hetero) is 1. The van der Waals surface area contributed by atoms with E-state index >= 15 is 0 Å². The molecule has 0 spiro atoms. The highest BCUT2D eigenvalue weighted by Crippen LogP contribution is 2.45. The smallest absolute Gasteiger partial charge is 0.301 e. The Hall–Kier alpha value is -4.37. The number of carbonyl (C=O) groups is 2. The van der Waals surface area contributed by atoms with Gasteiger partial charge in [-0.2, -0.15) is 0 Å². The van der Waals surface area contributed by atoms with E-state index in [9.17, 15) is 14.7 Å². The summed E-state index contributed by atoms with van der Waals surface area (Å²) in [4.78, 5) is 37.4. The molecule has 1 fully saturated rings. The van der Waals surface area contributed by atoms with Gasteiger partial charge in [0.05, 0.1) is 34.1 Å². The third-order valence-corrected chi connectivity index (χ3v) is 8.25. The first-order chi connectivity index (χ1) is 18.7. The summed E-state index contributed by atoms with van der Waals surface area (Å²) < 4.78 is 6.67. The normalized spacial score (nSPS) is 18.4. The number of carbonyl (C=O) groups excluding carboxylic acids is 2. The van der Waals surface area contributed by atoms with Crippen molar-refractivity contribution in [3.05, 3.63) is 82.9 Å². The number of aliphatic hydroxyl groups is 1. The highest BCUT2D eigenvalue weighted by atomic mass is 32.1. The van der Waals surface area contributed by atoms with E-state index in [1.54, 1.807) is 18.2 Å². The number of aliphatic hydroxyl groups excluding tert-OH is 1. The number of aryl methyl sites for hydroxylation is 1. The molecule has 8 nitrogen and oxygen atoms in total. The van der Waals surface area contributed by atoms with E-state index in [1.165, 1.54) is 16.2 Å². The molecule has 0 saturated carbocycles. The van der Waals surface area contributed by atoms with Gasteiger partial charge in [-0.15, -0.1) is 0 Å². The van der Waals surface area contributed by atoms with E-state index < -0.39 is 17.7 Å². The summed E-state index contributed by atoms with van der Waals surface area (Å²) in [5.74, 6) is -0.975. The van der Waals surface area contributed by atoms with Crippen molar-refractivity contribution in [1.29, 1.82) is 0 Å². The third kappa shape index (κ3) is 4.19. The lowest BCUT2D eigenvalue weighted by atomic mass is 9.95. The average molecular weight is 541 g/mol. The molecule has 2 aliphatic rings. The molecule has 3 aromatic carbocycles. The monoisotopic (exact) mass is 540 g/mol. The molecule has 1 saturated heterocycles. The molecule has 6 rings (SSSR count). The molecule has 1 aromatic heterocycles. The number of ketones is 1. The van der Waals surface area contributed by atoms with Crippen LogP contribution < -0.4 is 19.4 Å². The molecule has 0 bridgehead atoms. The van der Waals surface area contributed by atoms with Crippen molar-refractivity contribution in [2.45, 2.75) is 13.0 Å². The predicted octanol–water partition coefficient (Wildman–Crippen LogP) is 5.13. The molecule has 1 N–H and O–H groups in total. The highest BCUT2D eigenvalue weighted by molar-refractivity contribution is 7.22. The second-order valence-electron chi connectivity index (χ2n) is 10.1. The zero-order valence-corrected chi connectivity index (χ0v) is 23.0. The Morgan fingerprint density at radius 2 is 1.85 bits per heavy atom. The van der Waals surface area contributed by atoms with Gasteiger partial charge in [0.15, 0.2) is 5.13 Å². The Morgan fingerprint density at radius 1 is 1.08 bits per heavy atom. The van der Waals surface area contributed by atoms with Crippen molar-refractivity contribution in [2.24, 2.45) is 0 Å². The summed E-state index contributed by atoms with van der Waals surface area (Å²) in [5, 5.41) is 12.0. The van der Waals surface area contributed by atoms with Crippen LogP contribution in [-0.2, 0) is 9.59 Å². The Kier molecular flexibility index (Phi) is 6.03. The van der Waals surface area contributed by atoms with Gasteiger partial charge >= 0.3 is 5.91 Å². The van der Waals surface area contributed by atoms with Crippen LogP contribution in [0.2, 0.25) is 0 Å². The molecule has 39 heavy (non-hydrogen) atoms. The number of hydrogen-bond donors (Lipinski definition) is 1. The van der Waals surface area contributed by atoms with Crippen LogP contribution in [0.3, 0.4) is 0 Å². The van der Waals surface area contributed by atoms with Crippen molar-refractivity contribution >= 4 is 55.5 Å². The summed E-state index contributed by atoms with van der Waals surface area (Å²) in [7, 11) is 5.84. The molecule has 1 unspecified atom stereocenters. The quantitative estimate of drug-likeness (QED) is 0.218. The summed E-state index contributed by atoms with van der Waals surface area (Å²) in [6, 6.07) is 18.0. The van der Waals surface area contributed by atoms with Crippen molar-refractivity contribution in [2.75, 3.05) is 49.0 Å². The van der Waals surface area contributed by atoms with Crippen LogP contribution in [0.15, 0.2) is 66.2 Å². The minimum atomic E-state index is -0.840. The van der Waals surface area contributed by atoms with E-state index in [1.807, 2.05) is 80.3 Å². The fourth-order valence-electron chi connectivity index (χ4n) is 5.08. The van der Waals surface area contributed by atoms with Crippen LogP contribution in [0.25, 0.3) is 16.0 Å². The molecular formula is C30H28N4O4S. The van der Waals surface area contributed by atoms with Gasteiger partial charge in [0.1, 0.15) is 18.1 Å². The second kappa shape index (κ2) is 9.43. The van der Waals surface area contributed by atoms with Crippen LogP contribution in [0, 0.1) is 6.92 Å². The first-order valence-corrected chi connectivity index (χ1v) is 13.5. The summed E-state index contributed by atoms with van der Waals surface area (Å²) in [5.41, 5.74) is 4.80. The van der Waals surface area contributed by atoms with E-state index in [0.717, 1.165) is 27.2 Å². The van der Waals surface area contributed by atoms with Crippen molar-refractivity contribution in [1.82, 2.24) is 4.98 Å². The fraction of sp³-hybridized carbons (Fsp3) is 0.233. The number of likely N-dealkylation sites (N-methyl/N-ethyl adjacent to an activating group) is 1. The fourth-order valence-corrected chi connectivity index (χ4v) is 6.17. The topological polar surface area (TPSA) is 86.2 Å². The van der Waals surface area contributed by atoms with Gasteiger partial charge in [-0.25, -0.2) is 4.98 Å². The second-order valence-corrected chi connectivity index (χ2v) is 11.1. The largest absolute Gasteiger partial charge is 0.507 e. The molecule has 1 amide bonds. The number of aromatic nitrogens is 1. The number of ether oxygens (including phenoxy) is 1. The van der Waals surface area contributed by atoms with Gasteiger partial charge in [-0.05, 0) is 60.5 Å². The maximum absolute atomic E-state index is 13.6. The SMILES string of the molecule is Cc1ccc2nc(N3C(=O)C(=O)/C(=C(/O)c4ccc5c(c4)N(C)CCO5)C3c3ccc(N(C)C)cc3)sc2c1. The van der Waals surface area contributed by atoms with Crippen LogP contribution in [0.5, 0.6) is 5.75 Å². The van der Waals surface area contributed by atoms with Crippen LogP contribution in [-0.4, -0.2) is 56.1 Å². The zero-order chi connectivity index (χ0) is 27.4. The van der Waals surface area contributed by atoms with E-state index in [0.29, 0.717) is 35.2 Å². The number of fused-ring (bicyclic) bond motifs is 2. The van der Waals surface area contributed by atoms with Crippen LogP contribution >= 0.6 is 11.3 Å². The predicted molar refractivity (Wildman–Crippen MR) is 155 cm³/mol. The third-order valence-electron chi connectivity index (χ3n) is 7.24. The number of hydrogen-bond acceptors (Lipinski definition) is 8. The molecule has 2 aliphatic heterocycles. The van der Waals surface area contributed by atoms with E-state index in [2.05, 4.69) is 0 Å². The van der Waals surface area contributed by atoms with Crippen molar-refractivity contribution in [3.63, 3.8) is 0 Å². The van der Waals surface area contributed by atoms with Gasteiger partial charge in [-0.3, -0.25) is 14.5 Å². The molecule has 4 aromatic rings. The Morgan fingerprint density at radius 3 is 2.59 bits per heavy atom. The number of benzene rings is 3.